The van der Waals surface area contributed by atoms with E-state index in [0.29, 0.717) is 18.4 Å². The van der Waals surface area contributed by atoms with Crippen LogP contribution in [0.4, 0.5) is 101 Å². The summed E-state index contributed by atoms with van der Waals surface area (Å²) in [4.78, 5) is 11.8. The van der Waals surface area contributed by atoms with Crippen LogP contribution in [0.5, 0.6) is 0 Å². The van der Waals surface area contributed by atoms with Gasteiger partial charge in [-0.15, -0.1) is 0 Å². The summed E-state index contributed by atoms with van der Waals surface area (Å²) in [7, 11) is -4.39. The van der Waals surface area contributed by atoms with E-state index in [-0.39, 0.29) is 0 Å². The van der Waals surface area contributed by atoms with Crippen molar-refractivity contribution < 1.29 is 110 Å². The van der Waals surface area contributed by atoms with Crippen molar-refractivity contribution in [1.82, 2.24) is 0 Å². The Labute approximate surface area is 342 Å². The molecular weight excluding hydrogens is 945 g/mol. The number of carbonyl (C=O) groups excluding carboxylic acids is 1. The highest BCUT2D eigenvalue weighted by Gasteiger charge is 2.99. The minimum absolute atomic E-state index is 0.367. The monoisotopic (exact) mass is 974 g/mol. The molecule has 356 valence electrons. The highest BCUT2D eigenvalue weighted by atomic mass is 32.3. The second-order valence-electron chi connectivity index (χ2n) is 13.6. The summed E-state index contributed by atoms with van der Waals surface area (Å²) in [5.41, 5.74) is 0.522. The van der Waals surface area contributed by atoms with Crippen molar-refractivity contribution in [3.63, 3.8) is 0 Å². The summed E-state index contributed by atoms with van der Waals surface area (Å²) >= 11 is 0. The Balaban J connectivity index is 2.20. The summed E-state index contributed by atoms with van der Waals surface area (Å²) in [5, 5.41) is 0. The molecule has 0 aliphatic heterocycles. The van der Waals surface area contributed by atoms with Crippen molar-refractivity contribution in [3.8, 4) is 0 Å². The van der Waals surface area contributed by atoms with Gasteiger partial charge in [-0.25, -0.2) is 4.79 Å². The van der Waals surface area contributed by atoms with E-state index in [1.54, 1.807) is 0 Å². The maximum Gasteiger partial charge on any atom is 0.460 e. The number of hydrogen-bond acceptors (Lipinski definition) is 2. The van der Waals surface area contributed by atoms with Crippen LogP contribution in [0.2, 0.25) is 0 Å². The molecule has 0 unspecified atom stereocenters. The molecular formula is C37H29F23O2S. The zero-order valence-corrected chi connectivity index (χ0v) is 32.1. The van der Waals surface area contributed by atoms with Crippen molar-refractivity contribution in [3.05, 3.63) is 90.5 Å². The zero-order valence-electron chi connectivity index (χ0n) is 31.2. The molecule has 0 saturated carbocycles. The number of hydrogen-bond donors (Lipinski definition) is 0. The number of aryl methyl sites for hydroxylation is 1. The summed E-state index contributed by atoms with van der Waals surface area (Å²) in [5.74, 6) is -94.5. The van der Waals surface area contributed by atoms with Crippen LogP contribution in [-0.2, 0) is 15.4 Å². The Hall–Kier alpha value is -4.13. The van der Waals surface area contributed by atoms with Gasteiger partial charge in [-0.05, 0) is 65.1 Å². The largest absolute Gasteiger partial charge is 0.460 e. The molecule has 3 aromatic rings. The van der Waals surface area contributed by atoms with Crippen LogP contribution in [0.1, 0.15) is 44.6 Å². The number of benzene rings is 3. The van der Waals surface area contributed by atoms with E-state index in [4.69, 9.17) is 4.18 Å². The smallest absolute Gasteiger partial charge is 0.397 e. The number of unbranched alkanes of at least 4 members (excludes halogenated alkanes) is 4. The summed E-state index contributed by atoms with van der Waals surface area (Å²) < 4.78 is 329. The molecule has 3 rings (SSSR count). The predicted octanol–water partition coefficient (Wildman–Crippen LogP) is 14.9. The Morgan fingerprint density at radius 1 is 0.413 bits per heavy atom. The van der Waals surface area contributed by atoms with E-state index >= 15 is 17.6 Å². The van der Waals surface area contributed by atoms with Crippen molar-refractivity contribution in [2.24, 2.45) is 0 Å². The lowest BCUT2D eigenvalue weighted by Gasteiger charge is -2.45. The minimum atomic E-state index is -9.56. The number of rotatable bonds is 20. The van der Waals surface area contributed by atoms with Crippen LogP contribution in [-0.4, -0.2) is 71.4 Å². The second-order valence-corrected chi connectivity index (χ2v) is 16.3. The molecule has 0 aromatic heterocycles. The fraction of sp³-hybridized carbons (Fsp3) is 0.486. The van der Waals surface area contributed by atoms with Crippen molar-refractivity contribution in [2.75, 3.05) is 0 Å². The standard InChI is InChI=1S/C37H29F23O2S/c1-2-3-4-5-8-13-22-18-20-25(21-19-22)63(23-14-9-6-10-15-23,24-16-11-7-12-17-24)62-26(61)27(38,39)28(40,41)29(42,43)30(44,45)31(46,47)32(48,49)33(50,51)34(52,53)35(54,55)36(56,57)37(58,59)60/h6-7,9-12,14-21H,2-5,8,13H2,1H3. The van der Waals surface area contributed by atoms with E-state index in [2.05, 4.69) is 0 Å². The third-order valence-electron chi connectivity index (χ3n) is 9.34. The Bertz CT molecular complexity index is 1960. The van der Waals surface area contributed by atoms with E-state index in [0.717, 1.165) is 86.3 Å². The van der Waals surface area contributed by atoms with E-state index in [9.17, 15) is 88.2 Å². The number of alkyl halides is 23. The molecule has 0 aliphatic rings. The first kappa shape index (κ1) is 53.2. The minimum Gasteiger partial charge on any atom is -0.397 e. The van der Waals surface area contributed by atoms with Gasteiger partial charge >= 0.3 is 71.4 Å². The highest BCUT2D eigenvalue weighted by Crippen LogP contribution is 2.71. The first-order chi connectivity index (χ1) is 28.4. The van der Waals surface area contributed by atoms with Gasteiger partial charge in [0, 0.05) is 14.7 Å². The fourth-order valence-corrected chi connectivity index (χ4v) is 8.64. The SMILES string of the molecule is CCCCCCCc1ccc(S(OC(=O)C(F)(F)C(F)(F)C(F)(F)C(F)(F)C(F)(F)C(F)(F)C(F)(F)C(F)(F)C(F)(F)C(F)(F)C(F)(F)F)(c2ccccc2)c2ccccc2)cc1. The Kier molecular flexibility index (Phi) is 14.7. The third kappa shape index (κ3) is 8.26. The molecule has 0 bridgehead atoms. The maximum absolute atomic E-state index is 15.5. The van der Waals surface area contributed by atoms with E-state index in [1.807, 2.05) is 6.92 Å². The molecule has 63 heavy (non-hydrogen) atoms. The van der Waals surface area contributed by atoms with Gasteiger partial charge in [0.25, 0.3) is 0 Å². The normalized spacial score (nSPS) is 15.0. The van der Waals surface area contributed by atoms with Gasteiger partial charge in [-0.3, -0.25) is 0 Å². The van der Waals surface area contributed by atoms with Gasteiger partial charge in [0.2, 0.25) is 0 Å². The van der Waals surface area contributed by atoms with Gasteiger partial charge < -0.3 is 4.18 Å². The molecule has 0 heterocycles. The van der Waals surface area contributed by atoms with Crippen LogP contribution in [0.25, 0.3) is 0 Å². The topological polar surface area (TPSA) is 26.3 Å². The van der Waals surface area contributed by atoms with E-state index in [1.165, 1.54) is 24.3 Å². The third-order valence-corrected chi connectivity index (χ3v) is 12.5. The lowest BCUT2D eigenvalue weighted by molar-refractivity contribution is -0.477. The second kappa shape index (κ2) is 17.3. The number of halogens is 23. The molecule has 0 N–H and O–H groups in total. The molecule has 0 aliphatic carbocycles. The van der Waals surface area contributed by atoms with Crippen LogP contribution in [0.3, 0.4) is 0 Å². The molecule has 0 fully saturated rings. The molecule has 0 atom stereocenters. The fourth-order valence-electron chi connectivity index (χ4n) is 5.61. The molecule has 0 radical (unpaired) electrons. The molecule has 0 amide bonds. The molecule has 0 spiro atoms. The van der Waals surface area contributed by atoms with E-state index < -0.39 is 96.4 Å². The number of carbonyl (C=O) groups is 1. The Morgan fingerprint density at radius 2 is 0.730 bits per heavy atom. The molecule has 3 aromatic carbocycles. The lowest BCUT2D eigenvalue weighted by Crippen LogP contribution is -2.78. The van der Waals surface area contributed by atoms with Crippen LogP contribution in [0.15, 0.2) is 99.6 Å². The average molecular weight is 975 g/mol. The molecule has 26 heteroatoms. The van der Waals surface area contributed by atoms with Crippen molar-refractivity contribution in [2.45, 2.75) is 126 Å². The van der Waals surface area contributed by atoms with Crippen molar-refractivity contribution in [1.29, 1.82) is 0 Å². The van der Waals surface area contributed by atoms with Gasteiger partial charge in [0.15, 0.2) is 0 Å². The highest BCUT2D eigenvalue weighted by molar-refractivity contribution is 8.30. The van der Waals surface area contributed by atoms with Crippen LogP contribution < -0.4 is 0 Å². The van der Waals surface area contributed by atoms with Gasteiger partial charge in [0.1, 0.15) is 0 Å². The first-order valence-electron chi connectivity index (χ1n) is 17.5. The predicted molar refractivity (Wildman–Crippen MR) is 176 cm³/mol. The van der Waals surface area contributed by atoms with Crippen LogP contribution >= 0.6 is 10.3 Å². The summed E-state index contributed by atoms with van der Waals surface area (Å²) in [6.45, 7) is 1.94. The van der Waals surface area contributed by atoms with Crippen molar-refractivity contribution >= 4 is 16.3 Å². The zero-order chi connectivity index (χ0) is 48.7. The molecule has 2 nitrogen and oxygen atoms in total. The summed E-state index contributed by atoms with van der Waals surface area (Å²) in [6, 6.07) is 15.6. The van der Waals surface area contributed by atoms with Gasteiger partial charge in [-0.2, -0.15) is 101 Å². The maximum atomic E-state index is 15.5. The Morgan fingerprint density at radius 3 is 1.08 bits per heavy atom. The molecule has 0 saturated heterocycles. The summed E-state index contributed by atoms with van der Waals surface area (Å²) in [6.07, 6.45) is -3.86. The lowest BCUT2D eigenvalue weighted by atomic mass is 9.85. The average Bonchev–Trinajstić information content (AvgIpc) is 3.19. The van der Waals surface area contributed by atoms with Crippen LogP contribution in [0, 0.1) is 0 Å². The van der Waals surface area contributed by atoms with Gasteiger partial charge in [-0.1, -0.05) is 81.1 Å². The quantitative estimate of drug-likeness (QED) is 0.0833. The van der Waals surface area contributed by atoms with Gasteiger partial charge in [0.05, 0.1) is 0 Å². The first-order valence-corrected chi connectivity index (χ1v) is 19.0.